The van der Waals surface area contributed by atoms with E-state index in [1.807, 2.05) is 22.4 Å². The van der Waals surface area contributed by atoms with E-state index in [0.29, 0.717) is 11.5 Å². The molecule has 2 aromatic rings. The van der Waals surface area contributed by atoms with Gasteiger partial charge in [0.2, 0.25) is 0 Å². The van der Waals surface area contributed by atoms with Gasteiger partial charge in [-0.1, -0.05) is 22.4 Å². The number of likely N-dealkylation sites (tertiary alicyclic amines) is 1. The van der Waals surface area contributed by atoms with Gasteiger partial charge in [-0.15, -0.1) is 11.3 Å². The highest BCUT2D eigenvalue weighted by Crippen LogP contribution is 2.36. The largest absolute Gasteiger partial charge is 0.355 e. The lowest BCUT2D eigenvalue weighted by molar-refractivity contribution is 0.0733. The van der Waals surface area contributed by atoms with Crippen LogP contribution in [-0.4, -0.2) is 29.1 Å². The molecule has 0 unspecified atom stereocenters. The molecule has 0 spiro atoms. The molecule has 2 aliphatic rings. The quantitative estimate of drug-likeness (QED) is 0.794. The molecule has 4 nitrogen and oxygen atoms in total. The third-order valence-electron chi connectivity index (χ3n) is 4.15. The highest BCUT2D eigenvalue weighted by molar-refractivity contribution is 7.13. The van der Waals surface area contributed by atoms with E-state index in [-0.39, 0.29) is 5.91 Å². The van der Waals surface area contributed by atoms with Crippen LogP contribution in [0.25, 0.3) is 10.6 Å². The maximum Gasteiger partial charge on any atom is 0.276 e. The Morgan fingerprint density at radius 1 is 1.19 bits per heavy atom. The van der Waals surface area contributed by atoms with Gasteiger partial charge in [0.05, 0.1) is 4.88 Å². The fourth-order valence-corrected chi connectivity index (χ4v) is 3.50. The van der Waals surface area contributed by atoms with E-state index in [1.165, 1.54) is 12.8 Å². The SMILES string of the molecule is O=C(c1cc(-c2cccs2)on1)N1CCC(=C2CC2)CC1. The number of aromatic nitrogens is 1. The Labute approximate surface area is 127 Å². The van der Waals surface area contributed by atoms with Crippen LogP contribution in [0.3, 0.4) is 0 Å². The van der Waals surface area contributed by atoms with E-state index in [1.54, 1.807) is 28.5 Å². The fourth-order valence-electron chi connectivity index (χ4n) is 2.82. The van der Waals surface area contributed by atoms with Crippen molar-refractivity contribution in [2.24, 2.45) is 0 Å². The van der Waals surface area contributed by atoms with Gasteiger partial charge in [-0.2, -0.15) is 0 Å². The molecule has 2 aromatic heterocycles. The molecule has 108 valence electrons. The summed E-state index contributed by atoms with van der Waals surface area (Å²) in [6.45, 7) is 1.61. The smallest absolute Gasteiger partial charge is 0.276 e. The Hall–Kier alpha value is -1.88. The Morgan fingerprint density at radius 2 is 1.95 bits per heavy atom. The first kappa shape index (κ1) is 12.8. The lowest BCUT2D eigenvalue weighted by Gasteiger charge is -2.27. The molecule has 21 heavy (non-hydrogen) atoms. The summed E-state index contributed by atoms with van der Waals surface area (Å²) < 4.78 is 5.29. The molecule has 4 rings (SSSR count). The molecule has 3 heterocycles. The van der Waals surface area contributed by atoms with Crippen molar-refractivity contribution in [3.8, 4) is 10.6 Å². The fraction of sp³-hybridized carbons (Fsp3) is 0.375. The van der Waals surface area contributed by atoms with Crippen LogP contribution in [0.1, 0.15) is 36.2 Å². The molecule has 0 aromatic carbocycles. The highest BCUT2D eigenvalue weighted by Gasteiger charge is 2.26. The number of nitrogens with zero attached hydrogens (tertiary/aromatic N) is 2. The Balaban J connectivity index is 1.47. The first-order valence-electron chi connectivity index (χ1n) is 7.31. The first-order chi connectivity index (χ1) is 10.3. The average Bonchev–Trinajstić information content (AvgIpc) is 3.03. The van der Waals surface area contributed by atoms with Crippen LogP contribution in [0.4, 0.5) is 0 Å². The van der Waals surface area contributed by atoms with Crippen LogP contribution in [0.15, 0.2) is 39.2 Å². The number of hydrogen-bond donors (Lipinski definition) is 0. The molecule has 5 heteroatoms. The van der Waals surface area contributed by atoms with Crippen LogP contribution in [0.5, 0.6) is 0 Å². The topological polar surface area (TPSA) is 46.3 Å². The zero-order valence-corrected chi connectivity index (χ0v) is 12.5. The van der Waals surface area contributed by atoms with Gasteiger partial charge in [0, 0.05) is 19.2 Å². The molecule has 1 saturated heterocycles. The summed E-state index contributed by atoms with van der Waals surface area (Å²) in [4.78, 5) is 15.4. The van der Waals surface area contributed by atoms with Crippen molar-refractivity contribution < 1.29 is 9.32 Å². The van der Waals surface area contributed by atoms with E-state index < -0.39 is 0 Å². The number of amides is 1. The van der Waals surface area contributed by atoms with Gasteiger partial charge in [-0.05, 0) is 37.1 Å². The van der Waals surface area contributed by atoms with Crippen molar-refractivity contribution in [2.75, 3.05) is 13.1 Å². The molecule has 0 bridgehead atoms. The predicted molar refractivity (Wildman–Crippen MR) is 81.2 cm³/mol. The molecule has 1 amide bonds. The molecule has 1 saturated carbocycles. The summed E-state index contributed by atoms with van der Waals surface area (Å²) in [6, 6.07) is 5.68. The van der Waals surface area contributed by atoms with Crippen molar-refractivity contribution >= 4 is 17.2 Å². The molecular weight excluding hydrogens is 284 g/mol. The Morgan fingerprint density at radius 3 is 2.62 bits per heavy atom. The second-order valence-electron chi connectivity index (χ2n) is 5.55. The van der Waals surface area contributed by atoms with Crippen molar-refractivity contribution in [1.82, 2.24) is 10.1 Å². The molecule has 0 atom stereocenters. The van der Waals surface area contributed by atoms with E-state index >= 15 is 0 Å². The van der Waals surface area contributed by atoms with Crippen molar-refractivity contribution in [1.29, 1.82) is 0 Å². The van der Waals surface area contributed by atoms with Crippen molar-refractivity contribution in [3.05, 3.63) is 40.4 Å². The molecule has 0 N–H and O–H groups in total. The van der Waals surface area contributed by atoms with E-state index in [4.69, 9.17) is 4.52 Å². The minimum absolute atomic E-state index is 0.0126. The van der Waals surface area contributed by atoms with Crippen LogP contribution >= 0.6 is 11.3 Å². The van der Waals surface area contributed by atoms with Crippen LogP contribution < -0.4 is 0 Å². The van der Waals surface area contributed by atoms with Crippen LogP contribution in [0.2, 0.25) is 0 Å². The third-order valence-corrected chi connectivity index (χ3v) is 5.03. The highest BCUT2D eigenvalue weighted by atomic mass is 32.1. The minimum atomic E-state index is -0.0126. The predicted octanol–water partition coefficient (Wildman–Crippen LogP) is 3.73. The standard InChI is InChI=1S/C16H16N2O2S/c19-16(18-7-5-12(6-8-18)11-3-4-11)13-10-14(20-17-13)15-2-1-9-21-15/h1-2,9-10H,3-8H2. The number of thiophene rings is 1. The van der Waals surface area contributed by atoms with Crippen LogP contribution in [0, 0.1) is 0 Å². The van der Waals surface area contributed by atoms with Gasteiger partial charge in [0.25, 0.3) is 5.91 Å². The average molecular weight is 300 g/mol. The van der Waals surface area contributed by atoms with Gasteiger partial charge in [0.15, 0.2) is 11.5 Å². The zero-order chi connectivity index (χ0) is 14.2. The minimum Gasteiger partial charge on any atom is -0.355 e. The maximum atomic E-state index is 12.5. The van der Waals surface area contributed by atoms with Gasteiger partial charge in [-0.3, -0.25) is 4.79 Å². The number of carbonyl (C=O) groups excluding carboxylic acids is 1. The lowest BCUT2D eigenvalue weighted by atomic mass is 10.0. The Kier molecular flexibility index (Phi) is 3.15. The van der Waals surface area contributed by atoms with Gasteiger partial charge < -0.3 is 9.42 Å². The number of rotatable bonds is 2. The summed E-state index contributed by atoms with van der Waals surface area (Å²) in [5, 5.41) is 5.93. The molecule has 2 fully saturated rings. The Bertz CT molecular complexity index is 684. The van der Waals surface area contributed by atoms with Crippen molar-refractivity contribution in [3.63, 3.8) is 0 Å². The summed E-state index contributed by atoms with van der Waals surface area (Å²) in [7, 11) is 0. The number of piperidine rings is 1. The monoisotopic (exact) mass is 300 g/mol. The summed E-state index contributed by atoms with van der Waals surface area (Å²) in [6.07, 6.45) is 4.60. The summed E-state index contributed by atoms with van der Waals surface area (Å²) in [5.41, 5.74) is 3.63. The van der Waals surface area contributed by atoms with Crippen LogP contribution in [-0.2, 0) is 0 Å². The third kappa shape index (κ3) is 2.53. The summed E-state index contributed by atoms with van der Waals surface area (Å²) in [5.74, 6) is 0.660. The normalized spacial score (nSPS) is 18.2. The van der Waals surface area contributed by atoms with Gasteiger partial charge >= 0.3 is 0 Å². The zero-order valence-electron chi connectivity index (χ0n) is 11.7. The molecule has 1 aliphatic heterocycles. The van der Waals surface area contributed by atoms with Crippen molar-refractivity contribution in [2.45, 2.75) is 25.7 Å². The number of hydrogen-bond acceptors (Lipinski definition) is 4. The van der Waals surface area contributed by atoms with Gasteiger partial charge in [0.1, 0.15) is 0 Å². The second-order valence-corrected chi connectivity index (χ2v) is 6.50. The van der Waals surface area contributed by atoms with Gasteiger partial charge in [-0.25, -0.2) is 0 Å². The van der Waals surface area contributed by atoms with E-state index in [9.17, 15) is 4.79 Å². The second kappa shape index (κ2) is 5.15. The molecule has 0 radical (unpaired) electrons. The molecule has 1 aliphatic carbocycles. The molecular formula is C16H16N2O2S. The maximum absolute atomic E-state index is 12.5. The number of carbonyl (C=O) groups is 1. The van der Waals surface area contributed by atoms with E-state index in [0.717, 1.165) is 30.8 Å². The summed E-state index contributed by atoms with van der Waals surface area (Å²) >= 11 is 1.58. The lowest BCUT2D eigenvalue weighted by Crippen LogP contribution is -2.36. The first-order valence-corrected chi connectivity index (χ1v) is 8.19. The van der Waals surface area contributed by atoms with E-state index in [2.05, 4.69) is 5.16 Å². The number of allylic oxidation sites excluding steroid dienone is 1.